The minimum absolute atomic E-state index is 0.0404. The molecule has 16 nitrogen and oxygen atoms in total. The van der Waals surface area contributed by atoms with Crippen molar-refractivity contribution in [2.45, 2.75) is 150 Å². The van der Waals surface area contributed by atoms with Gasteiger partial charge in [-0.1, -0.05) is 40.5 Å². The summed E-state index contributed by atoms with van der Waals surface area (Å²) in [5, 5.41) is 10.9. The van der Waals surface area contributed by atoms with Crippen molar-refractivity contribution in [1.82, 2.24) is 34.4 Å². The number of carbonyl (C=O) groups excluding carboxylic acids is 3. The Morgan fingerprint density at radius 2 is 1.63 bits per heavy atom. The molecule has 8 bridgehead atoms. The molecule has 3 aromatic rings. The molecule has 67 heavy (non-hydrogen) atoms. The number of aliphatic hydroxyl groups is 1. The first kappa shape index (κ1) is 47.5. The number of H-pyrrole nitrogens is 3. The monoisotopic (exact) mass is 917 g/mol. The van der Waals surface area contributed by atoms with Crippen LogP contribution in [0.3, 0.4) is 0 Å². The van der Waals surface area contributed by atoms with Crippen LogP contribution in [-0.2, 0) is 19.0 Å². The first-order valence-corrected chi connectivity index (χ1v) is 23.8. The summed E-state index contributed by atoms with van der Waals surface area (Å²) in [6.07, 6.45) is 2.70. The van der Waals surface area contributed by atoms with E-state index >= 15 is 0 Å². The highest BCUT2D eigenvalue weighted by Crippen LogP contribution is 2.45. The maximum atomic E-state index is 14.9. The Bertz CT molecular complexity index is 2900. The number of hydrogen-bond donors (Lipinski definition) is 4. The molecule has 0 aromatic carbocycles. The Morgan fingerprint density at radius 3 is 2.36 bits per heavy atom. The molecule has 5 aliphatic heterocycles. The predicted octanol–water partition coefficient (Wildman–Crippen LogP) is 7.94. The number of carbonyl (C=O) groups is 3. The largest absolute Gasteiger partial charge is 0.463 e. The van der Waals surface area contributed by atoms with Crippen molar-refractivity contribution in [3.05, 3.63) is 102 Å². The maximum Gasteiger partial charge on any atom is 0.330 e. The van der Waals surface area contributed by atoms with Crippen LogP contribution < -0.4 is 11.2 Å². The minimum atomic E-state index is -1.03. The van der Waals surface area contributed by atoms with Gasteiger partial charge in [0.15, 0.2) is 0 Å². The zero-order chi connectivity index (χ0) is 48.0. The van der Waals surface area contributed by atoms with E-state index in [4.69, 9.17) is 24.2 Å². The number of ether oxygens (including phenoxy) is 3. The molecule has 3 aromatic heterocycles. The Morgan fingerprint density at radius 1 is 0.910 bits per heavy atom. The Kier molecular flexibility index (Phi) is 13.7. The van der Waals surface area contributed by atoms with E-state index < -0.39 is 47.5 Å². The number of rotatable bonds is 15. The number of unbranched alkanes of at least 4 members (excludes halogenated alkanes) is 2. The van der Waals surface area contributed by atoms with E-state index in [1.807, 2.05) is 32.0 Å². The molecule has 6 unspecified atom stereocenters. The van der Waals surface area contributed by atoms with Gasteiger partial charge in [0.05, 0.1) is 51.6 Å². The van der Waals surface area contributed by atoms with Gasteiger partial charge in [0.2, 0.25) is 0 Å². The van der Waals surface area contributed by atoms with Crippen molar-refractivity contribution < 1.29 is 33.7 Å². The second kappa shape index (κ2) is 19.3. The molecule has 4 N–H and O–H groups in total. The van der Waals surface area contributed by atoms with E-state index in [1.165, 1.54) is 15.7 Å². The molecule has 0 saturated carbocycles. The lowest BCUT2D eigenvalue weighted by Gasteiger charge is -2.27. The zero-order valence-corrected chi connectivity index (χ0v) is 40.1. The van der Waals surface area contributed by atoms with Crippen molar-refractivity contribution >= 4 is 51.1 Å². The average molecular weight is 918 g/mol. The van der Waals surface area contributed by atoms with E-state index in [2.05, 4.69) is 56.5 Å². The van der Waals surface area contributed by atoms with Crippen LogP contribution in [0.1, 0.15) is 184 Å². The molecule has 1 saturated heterocycles. The van der Waals surface area contributed by atoms with Gasteiger partial charge in [-0.25, -0.2) is 14.8 Å². The summed E-state index contributed by atoms with van der Waals surface area (Å²) in [6, 6.07) is 6.05. The maximum absolute atomic E-state index is 14.9. The molecule has 0 spiro atoms. The van der Waals surface area contributed by atoms with Crippen molar-refractivity contribution in [3.8, 4) is 0 Å². The number of esters is 1. The van der Waals surface area contributed by atoms with E-state index in [0.29, 0.717) is 52.0 Å². The quantitative estimate of drug-likeness (QED) is 0.0652. The number of hydrogen-bond acceptors (Lipinski definition) is 11. The normalized spacial score (nSPS) is 21.4. The van der Waals surface area contributed by atoms with Gasteiger partial charge >= 0.3 is 11.7 Å². The number of aliphatic hydroxyl groups excluding tert-OH is 1. The van der Waals surface area contributed by atoms with Gasteiger partial charge in [-0.15, -0.1) is 0 Å². The van der Waals surface area contributed by atoms with E-state index in [0.717, 1.165) is 76.4 Å². The first-order valence-electron chi connectivity index (χ1n) is 23.8. The average Bonchev–Trinajstić information content (AvgIpc) is 4.06. The fourth-order valence-corrected chi connectivity index (χ4v) is 10.0. The number of nitrogens with zero attached hydrogens (tertiary/aromatic N) is 4. The molecule has 0 radical (unpaired) electrons. The summed E-state index contributed by atoms with van der Waals surface area (Å²) < 4.78 is 19.3. The molecular formula is C51H63N7O9. The van der Waals surface area contributed by atoms with Crippen LogP contribution in [0, 0.1) is 13.8 Å². The van der Waals surface area contributed by atoms with Crippen LogP contribution in [0.15, 0.2) is 34.0 Å². The number of aromatic amines is 3. The SMILES string of the molecule is CCCCOC(C)C1=C(C)c2cc3[nH]c(c4c5[nH]c(cc6nc(cc1n2)C(C)=C6CC)c(C)c5C(=O)N(CCCC)C4=O)C(CCC(=O)OCC1OC(n2cc(C)c(=O)[nH]c2=O)CC1O)C3C. The highest BCUT2D eigenvalue weighted by atomic mass is 16.6. The summed E-state index contributed by atoms with van der Waals surface area (Å²) in [5.74, 6) is -1.96. The van der Waals surface area contributed by atoms with Crippen LogP contribution in [0.4, 0.5) is 0 Å². The van der Waals surface area contributed by atoms with Crippen molar-refractivity contribution in [3.63, 3.8) is 0 Å². The second-order valence-corrected chi connectivity index (χ2v) is 18.5. The summed E-state index contributed by atoms with van der Waals surface area (Å²) in [7, 11) is 0. The number of allylic oxidation sites excluding steroid dienone is 3. The summed E-state index contributed by atoms with van der Waals surface area (Å²) in [4.78, 5) is 88.7. The molecule has 1 fully saturated rings. The van der Waals surface area contributed by atoms with Crippen molar-refractivity contribution in [2.24, 2.45) is 0 Å². The third-order valence-electron chi connectivity index (χ3n) is 14.1. The number of amides is 2. The Hall–Kier alpha value is -5.97. The van der Waals surface area contributed by atoms with Gasteiger partial charge in [-0.05, 0) is 101 Å². The molecule has 5 aliphatic rings. The number of fused-ring (bicyclic) bond motifs is 8. The number of aromatic nitrogens is 6. The topological polar surface area (TPSA) is 215 Å². The second-order valence-electron chi connectivity index (χ2n) is 18.5. The van der Waals surface area contributed by atoms with Gasteiger partial charge in [0.25, 0.3) is 17.4 Å². The van der Waals surface area contributed by atoms with Crippen LogP contribution in [0.5, 0.6) is 0 Å². The highest BCUT2D eigenvalue weighted by molar-refractivity contribution is 6.23. The van der Waals surface area contributed by atoms with Gasteiger partial charge in [-0.3, -0.25) is 33.6 Å². The van der Waals surface area contributed by atoms with Gasteiger partial charge in [0, 0.05) is 72.1 Å². The van der Waals surface area contributed by atoms with Gasteiger partial charge in [0.1, 0.15) is 18.9 Å². The predicted molar refractivity (Wildman–Crippen MR) is 255 cm³/mol. The molecule has 2 amide bonds. The smallest absolute Gasteiger partial charge is 0.330 e. The molecule has 6 atom stereocenters. The molecule has 356 valence electrons. The third kappa shape index (κ3) is 8.86. The lowest BCUT2D eigenvalue weighted by atomic mass is 9.84. The first-order chi connectivity index (χ1) is 32.1. The summed E-state index contributed by atoms with van der Waals surface area (Å²) in [5.41, 5.74) is 10.3. The van der Waals surface area contributed by atoms with E-state index in [9.17, 15) is 29.1 Å². The van der Waals surface area contributed by atoms with Crippen molar-refractivity contribution in [1.29, 1.82) is 0 Å². The third-order valence-corrected chi connectivity index (χ3v) is 14.1. The molecule has 8 rings (SSSR count). The molecule has 16 heteroatoms. The molecule has 0 aliphatic carbocycles. The molecule has 8 heterocycles. The number of aryl methyl sites for hydroxylation is 2. The molecular weight excluding hydrogens is 855 g/mol. The number of imide groups is 1. The summed E-state index contributed by atoms with van der Waals surface area (Å²) in [6.45, 7) is 18.6. The fourth-order valence-electron chi connectivity index (χ4n) is 10.0. The summed E-state index contributed by atoms with van der Waals surface area (Å²) >= 11 is 0. The van der Waals surface area contributed by atoms with Crippen LogP contribution >= 0.6 is 0 Å². The number of nitrogens with one attached hydrogen (secondary N) is 3. The highest BCUT2D eigenvalue weighted by Gasteiger charge is 2.41. The van der Waals surface area contributed by atoms with Crippen LogP contribution in [0.25, 0.3) is 33.3 Å². The Balaban J connectivity index is 1.22. The van der Waals surface area contributed by atoms with Crippen LogP contribution in [0.2, 0.25) is 0 Å². The minimum Gasteiger partial charge on any atom is -0.463 e. The standard InChI is InChI=1S/C51H63N7O9/c1-10-13-17-57-49(62)44-29(8)36-20-37-31(12-3)26(5)33(52-37)21-38-43(30(9)65-18-14-11-2)28(7)35(53-38)19-34-27(6)32(46(54-34)45(50(57)63)47(44)55-36)15-16-42(60)66-24-40-39(59)22-41(67-40)58-23-25(4)48(61)56-51(58)64/h19-21,23,27,30,32,39-41,54-55,59H,10-18,22,24H2,1-9H3,(H,56,61,64). The van der Waals surface area contributed by atoms with Crippen LogP contribution in [-0.4, -0.2) is 95.3 Å². The van der Waals surface area contributed by atoms with Gasteiger partial charge in [-0.2, -0.15) is 0 Å². The fraction of sp³-hybridized carbons (Fsp3) is 0.510. The Labute approximate surface area is 389 Å². The van der Waals surface area contributed by atoms with E-state index in [-0.39, 0.29) is 50.3 Å². The lowest BCUT2D eigenvalue weighted by molar-refractivity contribution is -0.150. The van der Waals surface area contributed by atoms with E-state index in [1.54, 1.807) is 6.92 Å². The van der Waals surface area contributed by atoms with Crippen molar-refractivity contribution in [2.75, 3.05) is 19.8 Å². The van der Waals surface area contributed by atoms with Gasteiger partial charge < -0.3 is 29.3 Å². The lowest BCUT2D eigenvalue weighted by Crippen LogP contribution is -2.41. The zero-order valence-electron chi connectivity index (χ0n) is 40.1.